The summed E-state index contributed by atoms with van der Waals surface area (Å²) < 4.78 is 31.2. The lowest BCUT2D eigenvalue weighted by molar-refractivity contribution is 0.0600. The maximum atomic E-state index is 14.2. The molecule has 0 atom stereocenters. The van der Waals surface area contributed by atoms with Crippen LogP contribution in [0, 0.1) is 0 Å². The van der Waals surface area contributed by atoms with Crippen LogP contribution in [0.1, 0.15) is 137 Å². The summed E-state index contributed by atoms with van der Waals surface area (Å²) in [6.07, 6.45) is 0. The van der Waals surface area contributed by atoms with Crippen molar-refractivity contribution in [3.63, 3.8) is 0 Å². The van der Waals surface area contributed by atoms with E-state index >= 15 is 0 Å². The van der Waals surface area contributed by atoms with Crippen LogP contribution in [0.3, 0.4) is 0 Å². The Bertz CT molecular complexity index is 1910. The molecule has 0 spiro atoms. The molecule has 3 aromatic rings. The predicted octanol–water partition coefficient (Wildman–Crippen LogP) is 12.9. The van der Waals surface area contributed by atoms with Gasteiger partial charge < -0.3 is 33.1 Å². The van der Waals surface area contributed by atoms with Crippen LogP contribution in [0.2, 0.25) is 72.5 Å². The van der Waals surface area contributed by atoms with E-state index in [2.05, 4.69) is 146 Å². The highest BCUT2D eigenvalue weighted by molar-refractivity contribution is 6.75. The topological polar surface area (TPSA) is 147 Å². The maximum Gasteiger partial charge on any atom is 0.337 e. The van der Waals surface area contributed by atoms with Crippen molar-refractivity contribution >= 4 is 62.4 Å². The van der Waals surface area contributed by atoms with Crippen molar-refractivity contribution in [1.29, 1.82) is 0 Å². The molecule has 12 nitrogen and oxygen atoms in total. The van der Waals surface area contributed by atoms with Gasteiger partial charge in [-0.05, 0) is 115 Å². The number of hydrogen-bond donors (Lipinski definition) is 2. The standard InChI is InChI=1S/C48H80N4O8Si4/c1-45(2,3)61(14,15)57-29-38-22-33(23-39(49-38)30-58-62(16,17)46(4,5)6)42(53)51-36-26-35(44(55)56-13)27-37(28-36)52-43(54)34-24-40(31-59-63(18,19)47(7,8)9)50-41(25-34)32-60-64(20,21)48(10,11)12/h22-28H,29-32H2,1-21H3,(H,51,53)(H,52,54). The number of benzene rings is 1. The molecular formula is C48H80N4O8Si4. The zero-order chi connectivity index (χ0) is 49.1. The molecule has 0 aliphatic rings. The normalized spacial score (nSPS) is 13.5. The van der Waals surface area contributed by atoms with Crippen molar-refractivity contribution in [2.24, 2.45) is 0 Å². The number of aromatic nitrogens is 2. The van der Waals surface area contributed by atoms with Crippen molar-refractivity contribution in [3.8, 4) is 0 Å². The monoisotopic (exact) mass is 953 g/mol. The minimum Gasteiger partial charge on any atom is -0.465 e. The Morgan fingerprint density at radius 1 is 0.438 bits per heavy atom. The molecule has 0 bridgehead atoms. The summed E-state index contributed by atoms with van der Waals surface area (Å²) in [5.74, 6) is -1.50. The van der Waals surface area contributed by atoms with Gasteiger partial charge in [-0.25, -0.2) is 4.79 Å². The van der Waals surface area contributed by atoms with Crippen LogP contribution in [0.5, 0.6) is 0 Å². The summed E-state index contributed by atoms with van der Waals surface area (Å²) in [5.41, 5.74) is 3.85. The molecule has 64 heavy (non-hydrogen) atoms. The molecule has 0 unspecified atom stereocenters. The van der Waals surface area contributed by atoms with Crippen LogP contribution < -0.4 is 10.6 Å². The van der Waals surface area contributed by atoms with E-state index in [1.165, 1.54) is 19.2 Å². The van der Waals surface area contributed by atoms with Crippen LogP contribution in [0.25, 0.3) is 0 Å². The van der Waals surface area contributed by atoms with Crippen molar-refractivity contribution < 1.29 is 36.8 Å². The summed E-state index contributed by atoms with van der Waals surface area (Å²) in [6, 6.07) is 11.6. The number of methoxy groups -OCH3 is 1. The van der Waals surface area contributed by atoms with Gasteiger partial charge in [0.2, 0.25) is 0 Å². The first-order chi connectivity index (χ1) is 28.9. The Labute approximate surface area is 389 Å². The van der Waals surface area contributed by atoms with Gasteiger partial charge in [-0.2, -0.15) is 0 Å². The third-order valence-corrected chi connectivity index (χ3v) is 31.7. The average molecular weight is 954 g/mol. The van der Waals surface area contributed by atoms with Gasteiger partial charge in [-0.3, -0.25) is 19.6 Å². The predicted molar refractivity (Wildman–Crippen MR) is 270 cm³/mol. The summed E-state index contributed by atoms with van der Waals surface area (Å²) in [7, 11) is -7.32. The van der Waals surface area contributed by atoms with E-state index in [9.17, 15) is 14.4 Å². The smallest absolute Gasteiger partial charge is 0.337 e. The number of rotatable bonds is 17. The number of pyridine rings is 2. The summed E-state index contributed by atoms with van der Waals surface area (Å²) >= 11 is 0. The van der Waals surface area contributed by atoms with Gasteiger partial charge in [-0.15, -0.1) is 0 Å². The Hall–Kier alpha value is -3.36. The first-order valence-electron chi connectivity index (χ1n) is 22.3. The molecule has 0 aliphatic heterocycles. The molecule has 16 heteroatoms. The van der Waals surface area contributed by atoms with E-state index in [0.717, 1.165) is 0 Å². The third-order valence-electron chi connectivity index (χ3n) is 13.8. The molecule has 0 radical (unpaired) electrons. The van der Waals surface area contributed by atoms with Crippen LogP contribution >= 0.6 is 0 Å². The van der Waals surface area contributed by atoms with Gasteiger partial charge in [0.15, 0.2) is 33.3 Å². The molecule has 0 saturated carbocycles. The molecule has 2 amide bonds. The molecule has 2 heterocycles. The van der Waals surface area contributed by atoms with Crippen LogP contribution in [0.15, 0.2) is 42.5 Å². The number of carbonyl (C=O) groups is 3. The van der Waals surface area contributed by atoms with Gasteiger partial charge in [0.1, 0.15) is 0 Å². The van der Waals surface area contributed by atoms with Crippen LogP contribution in [0.4, 0.5) is 11.4 Å². The number of esters is 1. The minimum atomic E-state index is -2.15. The van der Waals surface area contributed by atoms with Gasteiger partial charge in [0, 0.05) is 22.5 Å². The number of anilines is 2. The van der Waals surface area contributed by atoms with Crippen molar-refractivity contribution in [2.45, 2.75) is 182 Å². The fourth-order valence-corrected chi connectivity index (χ4v) is 8.92. The Morgan fingerprint density at radius 3 is 0.906 bits per heavy atom. The van der Waals surface area contributed by atoms with E-state index in [0.29, 0.717) is 33.9 Å². The molecule has 0 aliphatic carbocycles. The number of ether oxygens (including phenoxy) is 1. The molecule has 0 fully saturated rings. The SMILES string of the molecule is COC(=O)c1cc(NC(=O)c2cc(CO[Si](C)(C)C(C)(C)C)nc(CO[Si](C)(C)C(C)(C)C)c2)cc(NC(=O)c2cc(CO[Si](C)(C)C(C)(C)C)nc(CO[Si](C)(C)C(C)(C)C)c2)c1. The van der Waals surface area contributed by atoms with E-state index in [1.54, 1.807) is 30.3 Å². The summed E-state index contributed by atoms with van der Waals surface area (Å²) in [5, 5.41) is 5.84. The molecule has 1 aromatic carbocycles. The first-order valence-corrected chi connectivity index (χ1v) is 33.9. The number of carbonyl (C=O) groups excluding carboxylic acids is 3. The van der Waals surface area contributed by atoms with Crippen molar-refractivity contribution in [1.82, 2.24) is 9.97 Å². The second-order valence-corrected chi connectivity index (χ2v) is 42.3. The fourth-order valence-electron chi connectivity index (χ4n) is 5.15. The second-order valence-electron chi connectivity index (χ2n) is 23.1. The van der Waals surface area contributed by atoms with E-state index in [4.69, 9.17) is 32.4 Å². The highest BCUT2D eigenvalue weighted by Gasteiger charge is 2.40. The molecule has 3 rings (SSSR count). The van der Waals surface area contributed by atoms with Gasteiger partial charge in [-0.1, -0.05) is 83.1 Å². The van der Waals surface area contributed by atoms with E-state index in [-0.39, 0.29) is 63.5 Å². The second kappa shape index (κ2) is 20.2. The van der Waals surface area contributed by atoms with Crippen LogP contribution in [-0.4, -0.2) is 68.1 Å². The van der Waals surface area contributed by atoms with Crippen molar-refractivity contribution in [3.05, 3.63) is 81.9 Å². The van der Waals surface area contributed by atoms with Crippen LogP contribution in [-0.2, 0) is 48.9 Å². The minimum absolute atomic E-state index is 0.0196. The number of amides is 2. The lowest BCUT2D eigenvalue weighted by atomic mass is 10.1. The summed E-state index contributed by atoms with van der Waals surface area (Å²) in [4.78, 5) is 51.1. The zero-order valence-corrected chi connectivity index (χ0v) is 47.0. The first kappa shape index (κ1) is 55.0. The zero-order valence-electron chi connectivity index (χ0n) is 43.0. The average Bonchev–Trinajstić information content (AvgIpc) is 3.15. The largest absolute Gasteiger partial charge is 0.465 e. The quantitative estimate of drug-likeness (QED) is 0.0990. The van der Waals surface area contributed by atoms with Gasteiger partial charge in [0.25, 0.3) is 11.8 Å². The maximum absolute atomic E-state index is 14.2. The lowest BCUT2D eigenvalue weighted by Gasteiger charge is -2.36. The van der Waals surface area contributed by atoms with Crippen molar-refractivity contribution in [2.75, 3.05) is 17.7 Å². The lowest BCUT2D eigenvalue weighted by Crippen LogP contribution is -2.41. The Morgan fingerprint density at radius 2 is 0.688 bits per heavy atom. The Kier molecular flexibility index (Phi) is 17.4. The highest BCUT2D eigenvalue weighted by Crippen LogP contribution is 2.40. The molecule has 2 N–H and O–H groups in total. The number of hydrogen-bond acceptors (Lipinski definition) is 10. The third kappa shape index (κ3) is 14.8. The number of nitrogens with zero attached hydrogens (tertiary/aromatic N) is 2. The molecular weight excluding hydrogens is 873 g/mol. The molecule has 356 valence electrons. The van der Waals surface area contributed by atoms with E-state index < -0.39 is 51.1 Å². The number of nitrogens with one attached hydrogen (secondary N) is 2. The Balaban J connectivity index is 2.04. The fraction of sp³-hybridized carbons (Fsp3) is 0.604. The summed E-state index contributed by atoms with van der Waals surface area (Å²) in [6.45, 7) is 44.5. The van der Waals surface area contributed by atoms with Gasteiger partial charge in [0.05, 0.1) is 61.9 Å². The molecule has 2 aromatic heterocycles. The molecule has 0 saturated heterocycles. The highest BCUT2D eigenvalue weighted by atomic mass is 28.4. The van der Waals surface area contributed by atoms with Gasteiger partial charge >= 0.3 is 5.97 Å². The van der Waals surface area contributed by atoms with E-state index in [1.807, 2.05) is 0 Å².